The fraction of sp³-hybridized carbons (Fsp3) is 1.00. The van der Waals surface area contributed by atoms with Crippen LogP contribution in [0.2, 0.25) is 0 Å². The highest BCUT2D eigenvalue weighted by Crippen LogP contribution is 1.95. The minimum atomic E-state index is -3.19. The highest BCUT2D eigenvalue weighted by Gasteiger charge is 2.07. The van der Waals surface area contributed by atoms with Crippen molar-refractivity contribution in [1.29, 1.82) is 0 Å². The minimum absolute atomic E-state index is 0.0455. The first-order valence-electron chi connectivity index (χ1n) is 5.28. The van der Waals surface area contributed by atoms with Gasteiger partial charge < -0.3 is 4.55 Å². The average molecular weight is 271 g/mol. The summed E-state index contributed by atoms with van der Waals surface area (Å²) in [5.41, 5.74) is 0. The van der Waals surface area contributed by atoms with Crippen LogP contribution in [-0.4, -0.2) is 36.0 Å². The van der Waals surface area contributed by atoms with Crippen LogP contribution in [-0.2, 0) is 21.3 Å². The topological polar surface area (TPSA) is 98.3 Å². The third-order valence-corrected chi connectivity index (χ3v) is 3.82. The third kappa shape index (κ3) is 10.5. The van der Waals surface area contributed by atoms with Gasteiger partial charge in [0.15, 0.2) is 0 Å². The van der Waals surface area contributed by atoms with Crippen LogP contribution in [0.1, 0.15) is 32.6 Å². The summed E-state index contributed by atoms with van der Waals surface area (Å²) in [4.78, 5) is 0. The van der Waals surface area contributed by atoms with Gasteiger partial charge in [0.2, 0.25) is 10.0 Å². The van der Waals surface area contributed by atoms with Gasteiger partial charge in [-0.2, -0.15) is 0 Å². The van der Waals surface area contributed by atoms with Gasteiger partial charge in [0.1, 0.15) is 0 Å². The molecule has 98 valence electrons. The van der Waals surface area contributed by atoms with Gasteiger partial charge in [-0.3, -0.25) is 4.21 Å². The molecule has 0 aromatic carbocycles. The maximum atomic E-state index is 11.3. The first kappa shape index (κ1) is 16.0. The standard InChI is InChI=1S/C8H20N2O4S2/c1-2-3-7-10-16(13,14)8-5-4-6-9-15(11)12/h9-10H,2-8H2,1H3,(H,11,12)/p-1. The quantitative estimate of drug-likeness (QED) is 0.427. The summed E-state index contributed by atoms with van der Waals surface area (Å²) in [6.45, 7) is 2.74. The molecule has 0 saturated carbocycles. The van der Waals surface area contributed by atoms with E-state index in [1.807, 2.05) is 6.92 Å². The zero-order chi connectivity index (χ0) is 12.4. The highest BCUT2D eigenvalue weighted by atomic mass is 32.2. The molecule has 0 aliphatic heterocycles. The molecule has 0 aliphatic carbocycles. The lowest BCUT2D eigenvalue weighted by atomic mass is 10.3. The molecule has 1 unspecified atom stereocenters. The number of hydrogen-bond acceptors (Lipinski definition) is 4. The van der Waals surface area contributed by atoms with Crippen LogP contribution in [0.15, 0.2) is 0 Å². The monoisotopic (exact) mass is 271 g/mol. The van der Waals surface area contributed by atoms with E-state index in [-0.39, 0.29) is 12.3 Å². The number of sulfonamides is 1. The van der Waals surface area contributed by atoms with Crippen molar-refractivity contribution in [3.63, 3.8) is 0 Å². The van der Waals surface area contributed by atoms with Gasteiger partial charge >= 0.3 is 0 Å². The Labute approximate surface area is 99.7 Å². The van der Waals surface area contributed by atoms with Gasteiger partial charge in [0.05, 0.1) is 5.75 Å². The zero-order valence-electron chi connectivity index (χ0n) is 9.40. The lowest BCUT2D eigenvalue weighted by Gasteiger charge is -2.07. The van der Waals surface area contributed by atoms with Crippen LogP contribution in [0, 0.1) is 0 Å². The summed E-state index contributed by atoms with van der Waals surface area (Å²) in [6, 6.07) is 0. The lowest BCUT2D eigenvalue weighted by Crippen LogP contribution is -2.27. The Kier molecular flexibility index (Phi) is 9.04. The second-order valence-electron chi connectivity index (χ2n) is 3.40. The Morgan fingerprint density at radius 3 is 2.44 bits per heavy atom. The molecule has 0 spiro atoms. The number of rotatable bonds is 10. The largest absolute Gasteiger partial charge is 0.760 e. The second-order valence-corrected chi connectivity index (χ2v) is 6.09. The highest BCUT2D eigenvalue weighted by molar-refractivity contribution is 7.89. The Morgan fingerprint density at radius 1 is 1.19 bits per heavy atom. The van der Waals surface area contributed by atoms with Crippen molar-refractivity contribution in [3.05, 3.63) is 0 Å². The van der Waals surface area contributed by atoms with Crippen LogP contribution in [0.5, 0.6) is 0 Å². The Hall–Kier alpha value is -0.0200. The summed E-state index contributed by atoms with van der Waals surface area (Å²) < 4.78 is 47.6. The molecule has 0 radical (unpaired) electrons. The van der Waals surface area contributed by atoms with Gasteiger partial charge in [0.25, 0.3) is 0 Å². The van der Waals surface area contributed by atoms with Gasteiger partial charge in [-0.15, -0.1) is 0 Å². The molecule has 0 saturated heterocycles. The number of nitrogens with one attached hydrogen (secondary N) is 2. The Bertz CT molecular complexity index is 292. The molecule has 6 nitrogen and oxygen atoms in total. The van der Waals surface area contributed by atoms with Crippen LogP contribution < -0.4 is 9.44 Å². The number of hydrogen-bond donors (Lipinski definition) is 2. The van der Waals surface area contributed by atoms with Crippen molar-refractivity contribution in [2.45, 2.75) is 32.6 Å². The molecule has 0 fully saturated rings. The van der Waals surface area contributed by atoms with E-state index in [1.165, 1.54) is 0 Å². The first-order valence-corrected chi connectivity index (χ1v) is 8.00. The molecule has 0 amide bonds. The van der Waals surface area contributed by atoms with E-state index in [0.29, 0.717) is 19.4 Å². The van der Waals surface area contributed by atoms with E-state index < -0.39 is 21.3 Å². The summed E-state index contributed by atoms with van der Waals surface area (Å²) in [5.74, 6) is 0.0455. The summed E-state index contributed by atoms with van der Waals surface area (Å²) in [6.07, 6.45) is 2.74. The van der Waals surface area contributed by atoms with Crippen LogP contribution >= 0.6 is 0 Å². The van der Waals surface area contributed by atoms with Gasteiger partial charge in [-0.05, 0) is 19.3 Å². The Morgan fingerprint density at radius 2 is 1.88 bits per heavy atom. The van der Waals surface area contributed by atoms with Gasteiger partial charge in [-0.1, -0.05) is 13.3 Å². The maximum absolute atomic E-state index is 11.3. The third-order valence-electron chi connectivity index (χ3n) is 1.91. The molecule has 0 bridgehead atoms. The molecule has 0 heterocycles. The fourth-order valence-corrected chi connectivity index (χ4v) is 2.54. The van der Waals surface area contributed by atoms with Crippen LogP contribution in [0.3, 0.4) is 0 Å². The smallest absolute Gasteiger partial charge is 0.211 e. The van der Waals surface area contributed by atoms with Gasteiger partial charge in [0, 0.05) is 24.4 Å². The fourth-order valence-electron chi connectivity index (χ4n) is 1.05. The molecule has 0 rings (SSSR count). The predicted molar refractivity (Wildman–Crippen MR) is 62.9 cm³/mol. The molecule has 1 atom stereocenters. The number of unbranched alkanes of at least 4 members (excludes halogenated alkanes) is 2. The first-order chi connectivity index (χ1) is 7.48. The zero-order valence-corrected chi connectivity index (χ0v) is 11.0. The average Bonchev–Trinajstić information content (AvgIpc) is 2.16. The second kappa shape index (κ2) is 9.06. The van der Waals surface area contributed by atoms with Crippen LogP contribution in [0.4, 0.5) is 0 Å². The molecule has 0 aliphatic rings. The summed E-state index contributed by atoms with van der Waals surface area (Å²) >= 11 is -2.26. The van der Waals surface area contributed by atoms with Crippen molar-refractivity contribution in [3.8, 4) is 0 Å². The van der Waals surface area contributed by atoms with E-state index >= 15 is 0 Å². The molecule has 0 aromatic rings. The minimum Gasteiger partial charge on any atom is -0.760 e. The summed E-state index contributed by atoms with van der Waals surface area (Å²) in [7, 11) is -3.19. The molecular weight excluding hydrogens is 252 g/mol. The van der Waals surface area contributed by atoms with Crippen LogP contribution in [0.25, 0.3) is 0 Å². The van der Waals surface area contributed by atoms with Crippen molar-refractivity contribution in [2.75, 3.05) is 18.8 Å². The van der Waals surface area contributed by atoms with E-state index in [2.05, 4.69) is 9.44 Å². The molecular formula is C8H19N2O4S2-. The van der Waals surface area contributed by atoms with Crippen molar-refractivity contribution in [1.82, 2.24) is 9.44 Å². The molecule has 8 heteroatoms. The summed E-state index contributed by atoms with van der Waals surface area (Å²) in [5, 5.41) is 0. The Balaban J connectivity index is 3.54. The van der Waals surface area contributed by atoms with E-state index in [1.54, 1.807) is 0 Å². The van der Waals surface area contributed by atoms with Gasteiger partial charge in [-0.25, -0.2) is 17.9 Å². The maximum Gasteiger partial charge on any atom is 0.211 e. The lowest BCUT2D eigenvalue weighted by molar-refractivity contribution is 0.521. The molecule has 16 heavy (non-hydrogen) atoms. The normalized spacial score (nSPS) is 13.9. The predicted octanol–water partition coefficient (Wildman–Crippen LogP) is -0.130. The van der Waals surface area contributed by atoms with Crippen molar-refractivity contribution >= 4 is 21.3 Å². The molecule has 0 aromatic heterocycles. The van der Waals surface area contributed by atoms with E-state index in [4.69, 9.17) is 0 Å². The van der Waals surface area contributed by atoms with Crippen molar-refractivity contribution < 1.29 is 17.2 Å². The van der Waals surface area contributed by atoms with Crippen molar-refractivity contribution in [2.24, 2.45) is 0 Å². The van der Waals surface area contributed by atoms with E-state index in [0.717, 1.165) is 12.8 Å². The SMILES string of the molecule is CCCCNS(=O)(=O)CCCCNS(=O)[O-]. The molecule has 2 N–H and O–H groups in total. The van der Waals surface area contributed by atoms with E-state index in [9.17, 15) is 17.2 Å².